The lowest BCUT2D eigenvalue weighted by Crippen LogP contribution is -2.48. The van der Waals surface area contributed by atoms with Crippen molar-refractivity contribution in [3.63, 3.8) is 0 Å². The van der Waals surface area contributed by atoms with Gasteiger partial charge >= 0.3 is 0 Å². The number of benzene rings is 1. The summed E-state index contributed by atoms with van der Waals surface area (Å²) in [6.07, 6.45) is 1.24. The van der Waals surface area contributed by atoms with Gasteiger partial charge in [-0.15, -0.1) is 0 Å². The monoisotopic (exact) mass is 246 g/mol. The molecule has 1 saturated heterocycles. The third kappa shape index (κ3) is 2.76. The normalized spacial score (nSPS) is 25.9. The molecule has 18 heavy (non-hydrogen) atoms. The zero-order valence-corrected chi connectivity index (χ0v) is 11.9. The van der Waals surface area contributed by atoms with Crippen LogP contribution >= 0.6 is 0 Å². The molecule has 0 spiro atoms. The van der Waals surface area contributed by atoms with Crippen LogP contribution in [0.2, 0.25) is 0 Å². The van der Waals surface area contributed by atoms with Crippen LogP contribution in [0.5, 0.6) is 0 Å². The van der Waals surface area contributed by atoms with Crippen LogP contribution in [0.15, 0.2) is 30.3 Å². The third-order valence-corrected chi connectivity index (χ3v) is 4.72. The highest BCUT2D eigenvalue weighted by atomic mass is 15.2. The molecule has 0 bridgehead atoms. The second-order valence-electron chi connectivity index (χ2n) is 6.25. The summed E-state index contributed by atoms with van der Waals surface area (Å²) in [4.78, 5) is 2.58. The predicted molar refractivity (Wildman–Crippen MR) is 77.4 cm³/mol. The minimum Gasteiger partial charge on any atom is -0.330 e. The van der Waals surface area contributed by atoms with Gasteiger partial charge < -0.3 is 5.73 Å². The summed E-state index contributed by atoms with van der Waals surface area (Å²) in [5.74, 6) is 0.609. The van der Waals surface area contributed by atoms with Crippen molar-refractivity contribution in [3.05, 3.63) is 35.9 Å². The van der Waals surface area contributed by atoms with E-state index in [4.69, 9.17) is 5.73 Å². The molecule has 1 aromatic carbocycles. The SMILES string of the molecule is CC(c1ccccc1)N1CCC(C)(C)C(CN)C1. The van der Waals surface area contributed by atoms with Gasteiger partial charge in [0.25, 0.3) is 0 Å². The van der Waals surface area contributed by atoms with Crippen molar-refractivity contribution >= 4 is 0 Å². The minimum atomic E-state index is 0.391. The Bertz CT molecular complexity index is 372. The fourth-order valence-electron chi connectivity index (χ4n) is 2.95. The molecule has 1 heterocycles. The van der Waals surface area contributed by atoms with Crippen LogP contribution in [0.1, 0.15) is 38.8 Å². The van der Waals surface area contributed by atoms with Gasteiger partial charge in [-0.2, -0.15) is 0 Å². The summed E-state index contributed by atoms with van der Waals surface area (Å²) in [6.45, 7) is 10.1. The van der Waals surface area contributed by atoms with Crippen LogP contribution in [-0.4, -0.2) is 24.5 Å². The van der Waals surface area contributed by atoms with E-state index in [9.17, 15) is 0 Å². The summed E-state index contributed by atoms with van der Waals surface area (Å²) in [5, 5.41) is 0. The molecule has 2 nitrogen and oxygen atoms in total. The van der Waals surface area contributed by atoms with Gasteiger partial charge in [-0.3, -0.25) is 4.90 Å². The third-order valence-electron chi connectivity index (χ3n) is 4.72. The highest BCUT2D eigenvalue weighted by Gasteiger charge is 2.35. The van der Waals surface area contributed by atoms with E-state index < -0.39 is 0 Å². The maximum Gasteiger partial charge on any atom is 0.0320 e. The molecule has 1 aliphatic heterocycles. The van der Waals surface area contributed by atoms with Gasteiger partial charge in [-0.25, -0.2) is 0 Å². The van der Waals surface area contributed by atoms with Crippen molar-refractivity contribution in [2.45, 2.75) is 33.2 Å². The first-order valence-electron chi connectivity index (χ1n) is 7.03. The van der Waals surface area contributed by atoms with Gasteiger partial charge in [-0.05, 0) is 43.3 Å². The zero-order chi connectivity index (χ0) is 13.2. The van der Waals surface area contributed by atoms with E-state index in [0.717, 1.165) is 13.1 Å². The first kappa shape index (κ1) is 13.6. The van der Waals surface area contributed by atoms with Crippen LogP contribution < -0.4 is 5.73 Å². The lowest BCUT2D eigenvalue weighted by Gasteiger charge is -2.45. The van der Waals surface area contributed by atoms with Crippen LogP contribution in [0.25, 0.3) is 0 Å². The second kappa shape index (κ2) is 5.41. The molecule has 1 fully saturated rings. The molecule has 1 aliphatic rings. The lowest BCUT2D eigenvalue weighted by molar-refractivity contribution is 0.0421. The molecular formula is C16H26N2. The molecule has 100 valence electrons. The molecule has 0 amide bonds. The Kier molecular flexibility index (Phi) is 4.08. The number of nitrogens with two attached hydrogens (primary N) is 1. The smallest absolute Gasteiger partial charge is 0.0320 e. The summed E-state index contributed by atoms with van der Waals surface area (Å²) in [6, 6.07) is 11.3. The van der Waals surface area contributed by atoms with Gasteiger partial charge in [-0.1, -0.05) is 44.2 Å². The number of hydrogen-bond acceptors (Lipinski definition) is 2. The molecule has 0 aromatic heterocycles. The molecule has 0 aliphatic carbocycles. The minimum absolute atomic E-state index is 0.391. The molecule has 0 saturated carbocycles. The fourth-order valence-corrected chi connectivity index (χ4v) is 2.95. The van der Waals surface area contributed by atoms with Crippen LogP contribution in [0.3, 0.4) is 0 Å². The molecule has 0 radical (unpaired) electrons. The molecule has 2 atom stereocenters. The molecule has 2 N–H and O–H groups in total. The van der Waals surface area contributed by atoms with Crippen molar-refractivity contribution in [1.82, 2.24) is 4.90 Å². The topological polar surface area (TPSA) is 29.3 Å². The number of nitrogens with zero attached hydrogens (tertiary/aromatic N) is 1. The van der Waals surface area contributed by atoms with E-state index in [1.54, 1.807) is 0 Å². The molecule has 2 heteroatoms. The van der Waals surface area contributed by atoms with Crippen LogP contribution in [0.4, 0.5) is 0 Å². The summed E-state index contributed by atoms with van der Waals surface area (Å²) < 4.78 is 0. The Morgan fingerprint density at radius 2 is 2.00 bits per heavy atom. The number of hydrogen-bond donors (Lipinski definition) is 1. The Hall–Kier alpha value is -0.860. The highest BCUT2D eigenvalue weighted by Crippen LogP contribution is 2.37. The molecular weight excluding hydrogens is 220 g/mol. The van der Waals surface area contributed by atoms with Gasteiger partial charge in [0.1, 0.15) is 0 Å². The van der Waals surface area contributed by atoms with Crippen LogP contribution in [-0.2, 0) is 0 Å². The summed E-state index contributed by atoms with van der Waals surface area (Å²) in [5.41, 5.74) is 7.75. The lowest BCUT2D eigenvalue weighted by atomic mass is 9.73. The van der Waals surface area contributed by atoms with Crippen molar-refractivity contribution in [2.75, 3.05) is 19.6 Å². The first-order chi connectivity index (χ1) is 8.54. The van der Waals surface area contributed by atoms with E-state index in [-0.39, 0.29) is 0 Å². The summed E-state index contributed by atoms with van der Waals surface area (Å²) >= 11 is 0. The Labute approximate surface area is 111 Å². The number of likely N-dealkylation sites (tertiary alicyclic amines) is 1. The van der Waals surface area contributed by atoms with E-state index in [2.05, 4.69) is 56.0 Å². The maximum atomic E-state index is 5.95. The first-order valence-corrected chi connectivity index (χ1v) is 7.03. The highest BCUT2D eigenvalue weighted by molar-refractivity contribution is 5.18. The maximum absolute atomic E-state index is 5.95. The van der Waals surface area contributed by atoms with Crippen LogP contribution in [0, 0.1) is 11.3 Å². The van der Waals surface area contributed by atoms with Crippen molar-refractivity contribution in [2.24, 2.45) is 17.1 Å². The van der Waals surface area contributed by atoms with Gasteiger partial charge in [0.2, 0.25) is 0 Å². The average Bonchev–Trinajstić information content (AvgIpc) is 2.39. The fraction of sp³-hybridized carbons (Fsp3) is 0.625. The Morgan fingerprint density at radius 1 is 1.33 bits per heavy atom. The standard InChI is InChI=1S/C16H26N2/c1-13(14-7-5-4-6-8-14)18-10-9-16(2,3)15(11-17)12-18/h4-8,13,15H,9-12,17H2,1-3H3. The average molecular weight is 246 g/mol. The predicted octanol–water partition coefficient (Wildman–Crippen LogP) is 3.05. The van der Waals surface area contributed by atoms with Gasteiger partial charge in [0.05, 0.1) is 0 Å². The molecule has 1 aromatic rings. The van der Waals surface area contributed by atoms with E-state index in [0.29, 0.717) is 17.4 Å². The largest absolute Gasteiger partial charge is 0.330 e. The van der Waals surface area contributed by atoms with Crippen molar-refractivity contribution in [3.8, 4) is 0 Å². The Morgan fingerprint density at radius 3 is 2.61 bits per heavy atom. The Balaban J connectivity index is 2.07. The van der Waals surface area contributed by atoms with E-state index in [1.165, 1.54) is 18.5 Å². The number of rotatable bonds is 3. The summed E-state index contributed by atoms with van der Waals surface area (Å²) in [7, 11) is 0. The zero-order valence-electron chi connectivity index (χ0n) is 11.9. The van der Waals surface area contributed by atoms with E-state index in [1.807, 2.05) is 0 Å². The quantitative estimate of drug-likeness (QED) is 0.888. The number of piperidine rings is 1. The molecule has 2 rings (SSSR count). The van der Waals surface area contributed by atoms with Gasteiger partial charge in [0, 0.05) is 12.6 Å². The van der Waals surface area contributed by atoms with Gasteiger partial charge in [0.15, 0.2) is 0 Å². The molecule has 2 unspecified atom stereocenters. The van der Waals surface area contributed by atoms with Crippen molar-refractivity contribution < 1.29 is 0 Å². The van der Waals surface area contributed by atoms with E-state index >= 15 is 0 Å². The van der Waals surface area contributed by atoms with Crippen molar-refractivity contribution in [1.29, 1.82) is 0 Å². The second-order valence-corrected chi connectivity index (χ2v) is 6.25.